The van der Waals surface area contributed by atoms with Crippen LogP contribution in [-0.4, -0.2) is 48.3 Å². The summed E-state index contributed by atoms with van der Waals surface area (Å²) in [6.07, 6.45) is 2.11. The minimum absolute atomic E-state index is 0.118. The molecule has 0 saturated carbocycles. The third kappa shape index (κ3) is 7.12. The van der Waals surface area contributed by atoms with Crippen molar-refractivity contribution in [2.75, 3.05) is 6.61 Å². The molecule has 2 aliphatic heterocycles. The van der Waals surface area contributed by atoms with Crippen molar-refractivity contribution in [1.29, 1.82) is 0 Å². The first-order valence-electron chi connectivity index (χ1n) is 12.8. The number of carbonyl (C=O) groups is 1. The molecule has 0 aliphatic carbocycles. The highest BCUT2D eigenvalue weighted by Gasteiger charge is 2.50. The molecule has 7 heteroatoms. The first-order chi connectivity index (χ1) is 17.2. The Labute approximate surface area is 207 Å². The molecule has 1 unspecified atom stereocenters. The predicted molar refractivity (Wildman–Crippen MR) is 131 cm³/mol. The topological polar surface area (TPSA) is 86.3 Å². The first kappa shape index (κ1) is 25.8. The number of aliphatic hydroxyl groups is 1. The summed E-state index contributed by atoms with van der Waals surface area (Å²) in [5, 5.41) is 14.3. The molecule has 0 spiro atoms. The third-order valence-corrected chi connectivity index (χ3v) is 6.53. The largest absolute Gasteiger partial charge is 0.388 e. The van der Waals surface area contributed by atoms with Crippen molar-refractivity contribution >= 4 is 5.91 Å². The van der Waals surface area contributed by atoms with Gasteiger partial charge >= 0.3 is 0 Å². The third-order valence-electron chi connectivity index (χ3n) is 6.53. The Hall–Kier alpha value is -2.29. The molecule has 2 fully saturated rings. The van der Waals surface area contributed by atoms with Crippen LogP contribution >= 0.6 is 0 Å². The fraction of sp³-hybridized carbons (Fsp3) is 0.536. The van der Waals surface area contributed by atoms with Gasteiger partial charge in [-0.15, -0.1) is 0 Å². The lowest BCUT2D eigenvalue weighted by Crippen LogP contribution is -2.66. The lowest BCUT2D eigenvalue weighted by Gasteiger charge is -2.47. The molecule has 6 atom stereocenters. The van der Waals surface area contributed by atoms with E-state index in [9.17, 15) is 9.90 Å². The number of hydrogen-bond acceptors (Lipinski definition) is 6. The maximum absolute atomic E-state index is 12.8. The van der Waals surface area contributed by atoms with Gasteiger partial charge in [0.05, 0.1) is 13.2 Å². The zero-order chi connectivity index (χ0) is 24.5. The molecule has 2 aromatic carbocycles. The lowest BCUT2D eigenvalue weighted by molar-refractivity contribution is -0.345. The van der Waals surface area contributed by atoms with E-state index in [0.717, 1.165) is 36.8 Å². The smallest absolute Gasteiger partial charge is 0.220 e. The molecule has 4 rings (SSSR count). The molecule has 35 heavy (non-hydrogen) atoms. The van der Waals surface area contributed by atoms with Crippen LogP contribution in [-0.2, 0) is 30.3 Å². The van der Waals surface area contributed by atoms with E-state index in [4.69, 9.17) is 18.9 Å². The number of hydrogen-bond donors (Lipinski definition) is 2. The fourth-order valence-corrected chi connectivity index (χ4v) is 4.57. The summed E-state index contributed by atoms with van der Waals surface area (Å²) in [6.45, 7) is 2.72. The van der Waals surface area contributed by atoms with Crippen molar-refractivity contribution in [3.8, 4) is 0 Å². The minimum Gasteiger partial charge on any atom is -0.388 e. The first-order valence-corrected chi connectivity index (χ1v) is 12.8. The number of carbonyl (C=O) groups excluding carboxylic acids is 1. The Bertz CT molecular complexity index is 895. The normalized spacial score (nSPS) is 28.3. The SMILES string of the molecule is CCCCCCCC(=O)N[C@H]1[C@@H](OCc2ccccc2)O[C@@H]2COC(c3ccccc3)O[C@H]2[C@@H]1O. The van der Waals surface area contributed by atoms with Gasteiger partial charge in [-0.05, 0) is 12.0 Å². The Kier molecular flexibility index (Phi) is 9.68. The van der Waals surface area contributed by atoms with Crippen molar-refractivity contribution in [2.45, 2.75) is 89.0 Å². The quantitative estimate of drug-likeness (QED) is 0.465. The van der Waals surface area contributed by atoms with Crippen molar-refractivity contribution in [1.82, 2.24) is 5.32 Å². The van der Waals surface area contributed by atoms with Gasteiger partial charge in [0.1, 0.15) is 24.4 Å². The Morgan fingerprint density at radius 2 is 1.71 bits per heavy atom. The van der Waals surface area contributed by atoms with Crippen molar-refractivity contribution in [3.05, 3.63) is 71.8 Å². The molecule has 0 aromatic heterocycles. The van der Waals surface area contributed by atoms with E-state index >= 15 is 0 Å². The average Bonchev–Trinajstić information content (AvgIpc) is 2.90. The second kappa shape index (κ2) is 13.1. The van der Waals surface area contributed by atoms with E-state index in [0.29, 0.717) is 13.0 Å². The summed E-state index contributed by atoms with van der Waals surface area (Å²) in [5.41, 5.74) is 1.85. The standard InChI is InChI=1S/C28H37NO6/c1-2-3-4-5-12-17-23(30)29-24-25(31)26-22(19-33-27(35-26)21-15-10-7-11-16-21)34-28(24)32-18-20-13-8-6-9-14-20/h6-11,13-16,22,24-28,31H,2-5,12,17-19H2,1H3,(H,29,30)/t22-,24-,25-,26-,27?,28+/m1/s1. The number of amides is 1. The van der Waals surface area contributed by atoms with Crippen LogP contribution in [0.2, 0.25) is 0 Å². The second-order valence-electron chi connectivity index (χ2n) is 9.26. The zero-order valence-corrected chi connectivity index (χ0v) is 20.4. The van der Waals surface area contributed by atoms with Crippen LogP contribution in [0.1, 0.15) is 62.9 Å². The van der Waals surface area contributed by atoms with Crippen LogP contribution < -0.4 is 5.32 Å². The van der Waals surface area contributed by atoms with Crippen molar-refractivity contribution in [2.24, 2.45) is 0 Å². The lowest BCUT2D eigenvalue weighted by atomic mass is 9.95. The molecule has 7 nitrogen and oxygen atoms in total. The van der Waals surface area contributed by atoms with Gasteiger partial charge in [0.15, 0.2) is 12.6 Å². The zero-order valence-electron chi connectivity index (χ0n) is 20.4. The Balaban J connectivity index is 1.42. The van der Waals surface area contributed by atoms with E-state index in [1.807, 2.05) is 60.7 Å². The molecule has 0 radical (unpaired) electrons. The van der Waals surface area contributed by atoms with E-state index < -0.39 is 36.9 Å². The van der Waals surface area contributed by atoms with E-state index in [2.05, 4.69) is 12.2 Å². The molecule has 190 valence electrons. The van der Waals surface area contributed by atoms with E-state index in [1.165, 1.54) is 6.42 Å². The van der Waals surface area contributed by atoms with Gasteiger partial charge in [0.2, 0.25) is 5.91 Å². The number of aliphatic hydroxyl groups excluding tert-OH is 1. The predicted octanol–water partition coefficient (Wildman–Crippen LogP) is 4.25. The molecule has 2 aromatic rings. The highest BCUT2D eigenvalue weighted by atomic mass is 16.7. The molecule has 2 aliphatic rings. The monoisotopic (exact) mass is 483 g/mol. The molecule has 2 heterocycles. The highest BCUT2D eigenvalue weighted by Crippen LogP contribution is 2.34. The molecule has 2 N–H and O–H groups in total. The maximum Gasteiger partial charge on any atom is 0.220 e. The van der Waals surface area contributed by atoms with E-state index in [1.54, 1.807) is 0 Å². The molecule has 0 bridgehead atoms. The molecular weight excluding hydrogens is 446 g/mol. The number of unbranched alkanes of at least 4 members (excludes halogenated alkanes) is 4. The van der Waals surface area contributed by atoms with Crippen LogP contribution in [0, 0.1) is 0 Å². The van der Waals surface area contributed by atoms with Gasteiger partial charge in [-0.2, -0.15) is 0 Å². The summed E-state index contributed by atoms with van der Waals surface area (Å²) in [7, 11) is 0. The number of ether oxygens (including phenoxy) is 4. The van der Waals surface area contributed by atoms with Crippen molar-refractivity contribution < 1.29 is 28.8 Å². The van der Waals surface area contributed by atoms with Gasteiger partial charge in [-0.1, -0.05) is 93.3 Å². The average molecular weight is 484 g/mol. The maximum atomic E-state index is 12.8. The van der Waals surface area contributed by atoms with Crippen LogP contribution in [0.4, 0.5) is 0 Å². The van der Waals surface area contributed by atoms with Gasteiger partial charge in [-0.25, -0.2) is 0 Å². The summed E-state index contributed by atoms with van der Waals surface area (Å²) < 4.78 is 24.3. The van der Waals surface area contributed by atoms with Gasteiger partial charge in [-0.3, -0.25) is 4.79 Å². The van der Waals surface area contributed by atoms with Gasteiger partial charge in [0.25, 0.3) is 0 Å². The fourth-order valence-electron chi connectivity index (χ4n) is 4.57. The van der Waals surface area contributed by atoms with Crippen LogP contribution in [0.3, 0.4) is 0 Å². The number of rotatable bonds is 11. The summed E-state index contributed by atoms with van der Waals surface area (Å²) in [6, 6.07) is 18.6. The number of nitrogens with one attached hydrogen (secondary N) is 1. The van der Waals surface area contributed by atoms with Gasteiger partial charge < -0.3 is 29.4 Å². The van der Waals surface area contributed by atoms with Crippen LogP contribution in [0.25, 0.3) is 0 Å². The summed E-state index contributed by atoms with van der Waals surface area (Å²) in [4.78, 5) is 12.8. The summed E-state index contributed by atoms with van der Waals surface area (Å²) in [5.74, 6) is -0.118. The molecule has 2 saturated heterocycles. The second-order valence-corrected chi connectivity index (χ2v) is 9.26. The van der Waals surface area contributed by atoms with Gasteiger partial charge in [0, 0.05) is 12.0 Å². The van der Waals surface area contributed by atoms with Crippen LogP contribution in [0.5, 0.6) is 0 Å². The Morgan fingerprint density at radius 3 is 2.46 bits per heavy atom. The van der Waals surface area contributed by atoms with Crippen LogP contribution in [0.15, 0.2) is 60.7 Å². The molecule has 1 amide bonds. The van der Waals surface area contributed by atoms with Crippen molar-refractivity contribution in [3.63, 3.8) is 0 Å². The number of benzene rings is 2. The number of fused-ring (bicyclic) bond motifs is 1. The minimum atomic E-state index is -1.01. The Morgan fingerprint density at radius 1 is 1.00 bits per heavy atom. The summed E-state index contributed by atoms with van der Waals surface area (Å²) >= 11 is 0. The highest BCUT2D eigenvalue weighted by molar-refractivity contribution is 5.76. The van der Waals surface area contributed by atoms with E-state index in [-0.39, 0.29) is 12.5 Å². The molecular formula is C28H37NO6.